The molecule has 5 heteroatoms. The predicted octanol–water partition coefficient (Wildman–Crippen LogP) is 4.55. The summed E-state index contributed by atoms with van der Waals surface area (Å²) in [5.41, 5.74) is 8.03. The average Bonchev–Trinajstić information content (AvgIpc) is 3.12. The van der Waals surface area contributed by atoms with Crippen molar-refractivity contribution >= 4 is 22.6 Å². The van der Waals surface area contributed by atoms with Gasteiger partial charge < -0.3 is 9.88 Å². The van der Waals surface area contributed by atoms with Gasteiger partial charge in [0.15, 0.2) is 0 Å². The Hall–Kier alpha value is -3.73. The highest BCUT2D eigenvalue weighted by Gasteiger charge is 2.18. The van der Waals surface area contributed by atoms with Crippen molar-refractivity contribution in [2.45, 2.75) is 26.8 Å². The molecule has 1 amide bonds. The summed E-state index contributed by atoms with van der Waals surface area (Å²) >= 11 is 0. The van der Waals surface area contributed by atoms with Gasteiger partial charge in [0.2, 0.25) is 0 Å². The van der Waals surface area contributed by atoms with Crippen molar-refractivity contribution in [3.05, 3.63) is 93.4 Å². The molecule has 148 valence electrons. The smallest absolute Gasteiger partial charge is 0.272 e. The molecule has 0 bridgehead atoms. The molecular weight excluding hydrogens is 374 g/mol. The van der Waals surface area contributed by atoms with Gasteiger partial charge in [0.1, 0.15) is 5.69 Å². The van der Waals surface area contributed by atoms with Gasteiger partial charge >= 0.3 is 0 Å². The van der Waals surface area contributed by atoms with Gasteiger partial charge in [-0.15, -0.1) is 0 Å². The summed E-state index contributed by atoms with van der Waals surface area (Å²) in [6, 6.07) is 19.7. The number of amides is 1. The van der Waals surface area contributed by atoms with E-state index < -0.39 is 0 Å². The fourth-order valence-corrected chi connectivity index (χ4v) is 4.26. The number of fused-ring (bicyclic) bond motifs is 4. The number of hydrogen-bond donors (Lipinski definition) is 1. The maximum atomic E-state index is 12.9. The Balaban J connectivity index is 1.45. The second kappa shape index (κ2) is 6.95. The zero-order valence-corrected chi connectivity index (χ0v) is 16.9. The highest BCUT2D eigenvalue weighted by molar-refractivity contribution is 6.06. The van der Waals surface area contributed by atoms with Gasteiger partial charge in [-0.3, -0.25) is 9.59 Å². The minimum Gasteiger partial charge on any atom is -0.322 e. The molecule has 0 radical (unpaired) electrons. The molecule has 1 aromatic heterocycles. The maximum Gasteiger partial charge on any atom is 0.272 e. The number of carbonyl (C=O) groups excluding carboxylic acids is 1. The van der Waals surface area contributed by atoms with E-state index in [1.807, 2.05) is 19.1 Å². The lowest BCUT2D eigenvalue weighted by molar-refractivity contribution is 0.102. The van der Waals surface area contributed by atoms with Crippen LogP contribution in [0.2, 0.25) is 0 Å². The third-order valence-electron chi connectivity index (χ3n) is 5.74. The number of rotatable bonds is 3. The van der Waals surface area contributed by atoms with Crippen LogP contribution in [0.15, 0.2) is 65.5 Å². The first-order valence-corrected chi connectivity index (χ1v) is 10.1. The van der Waals surface area contributed by atoms with Crippen LogP contribution >= 0.6 is 0 Å². The molecule has 0 saturated heterocycles. The Labute approximate surface area is 174 Å². The summed E-state index contributed by atoms with van der Waals surface area (Å²) in [7, 11) is 0. The van der Waals surface area contributed by atoms with Crippen molar-refractivity contribution in [1.82, 2.24) is 9.55 Å². The topological polar surface area (TPSA) is 64.0 Å². The Kier molecular flexibility index (Phi) is 4.24. The van der Waals surface area contributed by atoms with E-state index in [0.717, 1.165) is 17.6 Å². The normalized spacial score (nSPS) is 11.9. The molecule has 0 atom stereocenters. The number of benzene rings is 3. The van der Waals surface area contributed by atoms with E-state index in [9.17, 15) is 9.59 Å². The van der Waals surface area contributed by atoms with E-state index in [1.54, 1.807) is 29.7 Å². The third kappa shape index (κ3) is 2.90. The fraction of sp³-hybridized carbons (Fsp3) is 0.160. The number of hydrogen-bond acceptors (Lipinski definition) is 3. The van der Waals surface area contributed by atoms with Gasteiger partial charge in [-0.1, -0.05) is 30.3 Å². The van der Waals surface area contributed by atoms with E-state index in [4.69, 9.17) is 0 Å². The lowest BCUT2D eigenvalue weighted by atomic mass is 10.1. The number of aryl methyl sites for hydroxylation is 2. The molecule has 0 saturated carbocycles. The van der Waals surface area contributed by atoms with Crippen molar-refractivity contribution in [3.63, 3.8) is 0 Å². The Morgan fingerprint density at radius 3 is 2.67 bits per heavy atom. The zero-order valence-electron chi connectivity index (χ0n) is 16.9. The van der Waals surface area contributed by atoms with Crippen molar-refractivity contribution in [2.24, 2.45) is 0 Å². The van der Waals surface area contributed by atoms with E-state index in [0.29, 0.717) is 23.3 Å². The van der Waals surface area contributed by atoms with Crippen LogP contribution in [-0.2, 0) is 13.0 Å². The van der Waals surface area contributed by atoms with E-state index >= 15 is 0 Å². The van der Waals surface area contributed by atoms with Crippen LogP contribution in [0, 0.1) is 6.92 Å². The van der Waals surface area contributed by atoms with Crippen LogP contribution in [-0.4, -0.2) is 15.5 Å². The van der Waals surface area contributed by atoms with E-state index in [2.05, 4.69) is 40.6 Å². The standard InChI is InChI=1S/C25H21N3O2/c1-3-28-23-11-8-17(14-22(23)26-15(2)25(28)30)24(29)27-19-9-10-21-18(13-19)12-16-6-4-5-7-20(16)21/h4-11,13-14H,3,12H2,1-2H3,(H,27,29). The van der Waals surface area contributed by atoms with Gasteiger partial charge in [0.25, 0.3) is 11.5 Å². The van der Waals surface area contributed by atoms with Gasteiger partial charge in [0.05, 0.1) is 11.0 Å². The lowest BCUT2D eigenvalue weighted by Crippen LogP contribution is -2.23. The molecule has 0 spiro atoms. The second-order valence-corrected chi connectivity index (χ2v) is 7.61. The lowest BCUT2D eigenvalue weighted by Gasteiger charge is -2.11. The van der Waals surface area contributed by atoms with Gasteiger partial charge in [-0.05, 0) is 72.9 Å². The van der Waals surface area contributed by atoms with Gasteiger partial charge in [0, 0.05) is 17.8 Å². The van der Waals surface area contributed by atoms with Gasteiger partial charge in [-0.25, -0.2) is 4.98 Å². The molecule has 1 aliphatic rings. The van der Waals surface area contributed by atoms with E-state index in [-0.39, 0.29) is 11.5 Å². The molecule has 3 aromatic carbocycles. The van der Waals surface area contributed by atoms with E-state index in [1.165, 1.54) is 22.3 Å². The molecule has 0 unspecified atom stereocenters. The summed E-state index contributed by atoms with van der Waals surface area (Å²) in [5.74, 6) is -0.193. The first kappa shape index (κ1) is 18.3. The van der Waals surface area contributed by atoms with Crippen LogP contribution < -0.4 is 10.9 Å². The van der Waals surface area contributed by atoms with Crippen molar-refractivity contribution in [3.8, 4) is 11.1 Å². The molecule has 0 fully saturated rings. The maximum absolute atomic E-state index is 12.9. The summed E-state index contributed by atoms with van der Waals surface area (Å²) < 4.78 is 1.68. The quantitative estimate of drug-likeness (QED) is 0.487. The molecule has 4 aromatic rings. The Morgan fingerprint density at radius 2 is 1.83 bits per heavy atom. The zero-order chi connectivity index (χ0) is 20.8. The summed E-state index contributed by atoms with van der Waals surface area (Å²) in [5, 5.41) is 3.00. The Bertz CT molecular complexity index is 1390. The second-order valence-electron chi connectivity index (χ2n) is 7.61. The molecule has 5 rings (SSSR count). The number of carbonyl (C=O) groups is 1. The van der Waals surface area contributed by atoms with Crippen LogP contribution in [0.25, 0.3) is 22.2 Å². The van der Waals surface area contributed by atoms with Crippen molar-refractivity contribution < 1.29 is 4.79 Å². The number of nitrogens with zero attached hydrogens (tertiary/aromatic N) is 2. The summed E-state index contributed by atoms with van der Waals surface area (Å²) in [6.45, 7) is 4.18. The Morgan fingerprint density at radius 1 is 1.03 bits per heavy atom. The largest absolute Gasteiger partial charge is 0.322 e. The highest BCUT2D eigenvalue weighted by Crippen LogP contribution is 2.37. The third-order valence-corrected chi connectivity index (χ3v) is 5.74. The molecule has 0 aliphatic heterocycles. The minimum atomic E-state index is -0.193. The molecule has 5 nitrogen and oxygen atoms in total. The predicted molar refractivity (Wildman–Crippen MR) is 119 cm³/mol. The van der Waals surface area contributed by atoms with Crippen LogP contribution in [0.4, 0.5) is 5.69 Å². The molecule has 30 heavy (non-hydrogen) atoms. The number of anilines is 1. The van der Waals surface area contributed by atoms with Crippen LogP contribution in [0.3, 0.4) is 0 Å². The number of aromatic nitrogens is 2. The monoisotopic (exact) mass is 395 g/mol. The molecule has 1 aliphatic carbocycles. The molecule has 1 heterocycles. The van der Waals surface area contributed by atoms with Crippen molar-refractivity contribution in [2.75, 3.05) is 5.32 Å². The highest BCUT2D eigenvalue weighted by atomic mass is 16.1. The summed E-state index contributed by atoms with van der Waals surface area (Å²) in [4.78, 5) is 29.5. The van der Waals surface area contributed by atoms with Crippen LogP contribution in [0.5, 0.6) is 0 Å². The molecular formula is C25H21N3O2. The van der Waals surface area contributed by atoms with Crippen molar-refractivity contribution in [1.29, 1.82) is 0 Å². The number of nitrogens with one attached hydrogen (secondary N) is 1. The minimum absolute atomic E-state index is 0.0960. The van der Waals surface area contributed by atoms with Crippen LogP contribution in [0.1, 0.15) is 34.1 Å². The first-order chi connectivity index (χ1) is 14.5. The van der Waals surface area contributed by atoms with Gasteiger partial charge in [-0.2, -0.15) is 0 Å². The first-order valence-electron chi connectivity index (χ1n) is 10.1. The average molecular weight is 395 g/mol. The SMILES string of the molecule is CCn1c(=O)c(C)nc2cc(C(=O)Nc3ccc4c(c3)Cc3ccccc3-4)ccc21. The molecule has 1 N–H and O–H groups in total. The summed E-state index contributed by atoms with van der Waals surface area (Å²) in [6.07, 6.45) is 0.878. The fourth-order valence-electron chi connectivity index (χ4n) is 4.26.